The van der Waals surface area contributed by atoms with E-state index in [9.17, 15) is 14.4 Å². The van der Waals surface area contributed by atoms with Crippen molar-refractivity contribution in [2.75, 3.05) is 0 Å². The zero-order chi connectivity index (χ0) is 21.8. The molecule has 1 heterocycles. The summed E-state index contributed by atoms with van der Waals surface area (Å²) in [5.74, 6) is -0.613. The number of alkyl carbamates (subject to hydrolysis) is 1. The zero-order valence-electron chi connectivity index (χ0n) is 17.8. The second kappa shape index (κ2) is 9.11. The number of esters is 1. The van der Waals surface area contributed by atoms with Crippen molar-refractivity contribution in [1.29, 1.82) is 0 Å². The van der Waals surface area contributed by atoms with Gasteiger partial charge in [-0.25, -0.2) is 14.4 Å². The largest absolute Gasteiger partial charge is 0.444 e. The van der Waals surface area contributed by atoms with Crippen LogP contribution in [-0.2, 0) is 16.0 Å². The van der Waals surface area contributed by atoms with Gasteiger partial charge in [0.2, 0.25) is 0 Å². The zero-order valence-corrected chi connectivity index (χ0v) is 17.8. The molecule has 0 unspecified atom stereocenters. The predicted molar refractivity (Wildman–Crippen MR) is 110 cm³/mol. The van der Waals surface area contributed by atoms with E-state index in [4.69, 9.17) is 13.9 Å². The first-order chi connectivity index (χ1) is 13.5. The molecule has 1 aromatic carbocycles. The normalized spacial score (nSPS) is 12.7. The Hall–Kier alpha value is -2.83. The lowest BCUT2D eigenvalue weighted by molar-refractivity contribution is -0.137. The third-order valence-electron chi connectivity index (χ3n) is 4.13. The number of amides is 1. The van der Waals surface area contributed by atoms with E-state index in [0.717, 1.165) is 23.8 Å². The molecule has 1 atom stereocenters. The Labute approximate surface area is 170 Å². The first-order valence-electron chi connectivity index (χ1n) is 9.78. The summed E-state index contributed by atoms with van der Waals surface area (Å²) in [6, 6.07) is 5.51. The van der Waals surface area contributed by atoms with E-state index < -0.39 is 29.3 Å². The maximum atomic E-state index is 12.6. The Morgan fingerprint density at radius 1 is 1.17 bits per heavy atom. The van der Waals surface area contributed by atoms with Crippen LogP contribution in [0, 0.1) is 5.92 Å². The molecule has 1 N–H and O–H groups in total. The number of benzene rings is 1. The van der Waals surface area contributed by atoms with Gasteiger partial charge in [-0.1, -0.05) is 27.2 Å². The van der Waals surface area contributed by atoms with Crippen molar-refractivity contribution < 1.29 is 23.5 Å². The highest BCUT2D eigenvalue weighted by atomic mass is 16.6. The van der Waals surface area contributed by atoms with Gasteiger partial charge in [0.05, 0.1) is 0 Å². The molecule has 0 radical (unpaired) electrons. The molecule has 2 rings (SSSR count). The minimum absolute atomic E-state index is 0.218. The van der Waals surface area contributed by atoms with Crippen molar-refractivity contribution in [3.05, 3.63) is 40.2 Å². The van der Waals surface area contributed by atoms with Gasteiger partial charge in [-0.05, 0) is 50.8 Å². The smallest absolute Gasteiger partial charge is 0.408 e. The molecule has 7 nitrogen and oxygen atoms in total. The lowest BCUT2D eigenvalue weighted by Crippen LogP contribution is -2.48. The summed E-state index contributed by atoms with van der Waals surface area (Å²) >= 11 is 0. The average Bonchev–Trinajstić information content (AvgIpc) is 2.57. The van der Waals surface area contributed by atoms with Crippen molar-refractivity contribution in [1.82, 2.24) is 5.32 Å². The Balaban J connectivity index is 2.22. The fourth-order valence-electron chi connectivity index (χ4n) is 2.86. The maximum Gasteiger partial charge on any atom is 0.408 e. The molecule has 0 bridgehead atoms. The second-order valence-corrected chi connectivity index (χ2v) is 8.29. The van der Waals surface area contributed by atoms with Crippen LogP contribution in [0.1, 0.15) is 53.5 Å². The monoisotopic (exact) mass is 403 g/mol. The number of carbonyl (C=O) groups excluding carboxylic acids is 2. The fraction of sp³-hybridized carbons (Fsp3) is 0.500. The molecule has 0 aliphatic heterocycles. The van der Waals surface area contributed by atoms with Gasteiger partial charge in [-0.15, -0.1) is 0 Å². The fourth-order valence-corrected chi connectivity index (χ4v) is 2.86. The molecule has 1 aromatic heterocycles. The quantitative estimate of drug-likeness (QED) is 0.441. The molecule has 7 heteroatoms. The minimum atomic E-state index is -0.890. The Bertz CT molecular complexity index is 938. The third-order valence-corrected chi connectivity index (χ3v) is 4.13. The van der Waals surface area contributed by atoms with Crippen molar-refractivity contribution in [2.24, 2.45) is 5.92 Å². The number of fused-ring (bicyclic) bond motifs is 1. The van der Waals surface area contributed by atoms with Gasteiger partial charge in [0.1, 0.15) is 23.0 Å². The summed E-state index contributed by atoms with van der Waals surface area (Å²) in [7, 11) is 0. The van der Waals surface area contributed by atoms with Crippen LogP contribution in [0.15, 0.2) is 33.5 Å². The molecule has 0 spiro atoms. The van der Waals surface area contributed by atoms with E-state index in [-0.39, 0.29) is 11.7 Å². The summed E-state index contributed by atoms with van der Waals surface area (Å²) in [5, 5.41) is 3.36. The molecule has 158 valence electrons. The van der Waals surface area contributed by atoms with Gasteiger partial charge in [-0.2, -0.15) is 0 Å². The lowest BCUT2D eigenvalue weighted by atomic mass is 10.0. The van der Waals surface area contributed by atoms with Gasteiger partial charge < -0.3 is 19.2 Å². The standard InChI is InChI=1S/C22H29NO6/c1-7-8-14-11-18(24)28-17-12-15(9-10-16(14)17)27-20(25)19(13(2)3)23-21(26)29-22(4,5)6/h9-13,19H,7-8H2,1-6H3,(H,23,26)/t19-/m0/s1. The first-order valence-corrected chi connectivity index (χ1v) is 9.78. The van der Waals surface area contributed by atoms with Gasteiger partial charge in [0.15, 0.2) is 0 Å². The molecule has 0 aliphatic rings. The predicted octanol–water partition coefficient (Wildman–Crippen LogP) is 4.20. The Kier molecular flexibility index (Phi) is 7.06. The number of carbonyl (C=O) groups is 2. The van der Waals surface area contributed by atoms with E-state index in [2.05, 4.69) is 5.32 Å². The molecule has 0 saturated heterocycles. The number of rotatable bonds is 6. The van der Waals surface area contributed by atoms with Gasteiger partial charge >= 0.3 is 17.7 Å². The van der Waals surface area contributed by atoms with Crippen LogP contribution >= 0.6 is 0 Å². The SMILES string of the molecule is CCCc1cc(=O)oc2cc(OC(=O)[C@@H](NC(=O)OC(C)(C)C)C(C)C)ccc12. The topological polar surface area (TPSA) is 94.8 Å². The van der Waals surface area contributed by atoms with E-state index in [1.165, 1.54) is 12.1 Å². The average molecular weight is 403 g/mol. The van der Waals surface area contributed by atoms with Gasteiger partial charge in [0.25, 0.3) is 0 Å². The Morgan fingerprint density at radius 2 is 1.86 bits per heavy atom. The third kappa shape index (κ3) is 6.34. The van der Waals surface area contributed by atoms with Crippen LogP contribution in [0.2, 0.25) is 0 Å². The van der Waals surface area contributed by atoms with Crippen molar-refractivity contribution >= 4 is 23.0 Å². The summed E-state index contributed by atoms with van der Waals surface area (Å²) in [5.41, 5.74) is 0.119. The number of hydrogen-bond acceptors (Lipinski definition) is 6. The van der Waals surface area contributed by atoms with Crippen LogP contribution in [0.5, 0.6) is 5.75 Å². The molecule has 0 aliphatic carbocycles. The van der Waals surface area contributed by atoms with Crippen LogP contribution in [0.4, 0.5) is 4.79 Å². The first kappa shape index (κ1) is 22.5. The molecule has 2 aromatic rings. The van der Waals surface area contributed by atoms with E-state index in [1.807, 2.05) is 6.92 Å². The highest BCUT2D eigenvalue weighted by molar-refractivity contribution is 5.85. The Morgan fingerprint density at radius 3 is 2.45 bits per heavy atom. The maximum absolute atomic E-state index is 12.6. The van der Waals surface area contributed by atoms with Crippen molar-refractivity contribution in [3.8, 4) is 5.75 Å². The van der Waals surface area contributed by atoms with Crippen LogP contribution < -0.4 is 15.7 Å². The lowest BCUT2D eigenvalue weighted by Gasteiger charge is -2.24. The summed E-state index contributed by atoms with van der Waals surface area (Å²) in [4.78, 5) is 36.5. The highest BCUT2D eigenvalue weighted by Crippen LogP contribution is 2.24. The molecule has 0 saturated carbocycles. The second-order valence-electron chi connectivity index (χ2n) is 8.29. The van der Waals surface area contributed by atoms with Crippen molar-refractivity contribution in [2.45, 2.75) is 66.0 Å². The van der Waals surface area contributed by atoms with E-state index in [0.29, 0.717) is 5.58 Å². The van der Waals surface area contributed by atoms with Gasteiger partial charge in [-0.3, -0.25) is 0 Å². The summed E-state index contributed by atoms with van der Waals surface area (Å²) in [6.45, 7) is 10.8. The molecular weight excluding hydrogens is 374 g/mol. The number of ether oxygens (including phenoxy) is 2. The van der Waals surface area contributed by atoms with E-state index >= 15 is 0 Å². The highest BCUT2D eigenvalue weighted by Gasteiger charge is 2.28. The molecule has 29 heavy (non-hydrogen) atoms. The van der Waals surface area contributed by atoms with Gasteiger partial charge in [0, 0.05) is 17.5 Å². The molecule has 0 fully saturated rings. The minimum Gasteiger partial charge on any atom is -0.444 e. The number of hydrogen-bond donors (Lipinski definition) is 1. The van der Waals surface area contributed by atoms with E-state index in [1.54, 1.807) is 46.8 Å². The van der Waals surface area contributed by atoms with Crippen LogP contribution in [-0.4, -0.2) is 23.7 Å². The summed E-state index contributed by atoms with van der Waals surface area (Å²) < 4.78 is 15.9. The molecule has 1 amide bonds. The number of nitrogens with one attached hydrogen (secondary N) is 1. The summed E-state index contributed by atoms with van der Waals surface area (Å²) in [6.07, 6.45) is 0.944. The molecular formula is C22H29NO6. The van der Waals surface area contributed by atoms with Crippen molar-refractivity contribution in [3.63, 3.8) is 0 Å². The number of aryl methyl sites for hydroxylation is 1. The van der Waals surface area contributed by atoms with Crippen LogP contribution in [0.3, 0.4) is 0 Å². The van der Waals surface area contributed by atoms with Crippen LogP contribution in [0.25, 0.3) is 11.0 Å².